The molecule has 0 radical (unpaired) electrons. The van der Waals surface area contributed by atoms with Crippen molar-refractivity contribution < 1.29 is 14.6 Å². The third-order valence-electron chi connectivity index (χ3n) is 6.65. The third-order valence-corrected chi connectivity index (χ3v) is 8.87. The van der Waals surface area contributed by atoms with Crippen molar-refractivity contribution in [2.75, 3.05) is 43.2 Å². The summed E-state index contributed by atoms with van der Waals surface area (Å²) in [4.78, 5) is 32.2. The first-order chi connectivity index (χ1) is 17.5. The van der Waals surface area contributed by atoms with Gasteiger partial charge in [-0.1, -0.05) is 42.2 Å². The van der Waals surface area contributed by atoms with Gasteiger partial charge in [-0.15, -0.1) is 11.3 Å². The van der Waals surface area contributed by atoms with Gasteiger partial charge >= 0.3 is 0 Å². The van der Waals surface area contributed by atoms with E-state index in [1.807, 2.05) is 13.1 Å². The number of thiazole rings is 2. The summed E-state index contributed by atoms with van der Waals surface area (Å²) in [6.45, 7) is 5.38. The number of aromatic nitrogens is 3. The zero-order chi connectivity index (χ0) is 25.1. The SMILES string of the molecule is Cc1ncc(-c2nc(NC(=O)c3cnc(OCO)c(Cl)c3)sc2N2CCN(C3CCCCC3)CC2)s1. The zero-order valence-corrected chi connectivity index (χ0v) is 22.5. The molecule has 192 valence electrons. The van der Waals surface area contributed by atoms with E-state index in [4.69, 9.17) is 26.4 Å². The van der Waals surface area contributed by atoms with Crippen LogP contribution in [0.5, 0.6) is 5.88 Å². The topological polar surface area (TPSA) is 104 Å². The van der Waals surface area contributed by atoms with Crippen molar-refractivity contribution in [3.63, 3.8) is 0 Å². The number of pyridine rings is 1. The van der Waals surface area contributed by atoms with Crippen molar-refractivity contribution in [3.8, 4) is 16.5 Å². The molecule has 0 aromatic carbocycles. The van der Waals surface area contributed by atoms with Gasteiger partial charge in [-0.3, -0.25) is 15.0 Å². The van der Waals surface area contributed by atoms with E-state index in [-0.39, 0.29) is 22.4 Å². The number of nitrogens with one attached hydrogen (secondary N) is 1. The van der Waals surface area contributed by atoms with Crippen molar-refractivity contribution in [2.45, 2.75) is 45.1 Å². The molecule has 12 heteroatoms. The number of halogens is 1. The highest BCUT2D eigenvalue weighted by Gasteiger charge is 2.28. The van der Waals surface area contributed by atoms with Crippen molar-refractivity contribution in [2.24, 2.45) is 0 Å². The van der Waals surface area contributed by atoms with E-state index in [0.29, 0.717) is 5.13 Å². The highest BCUT2D eigenvalue weighted by molar-refractivity contribution is 7.21. The first-order valence-electron chi connectivity index (χ1n) is 12.1. The van der Waals surface area contributed by atoms with Crippen LogP contribution in [0.2, 0.25) is 5.02 Å². The van der Waals surface area contributed by atoms with Crippen LogP contribution >= 0.6 is 34.3 Å². The first kappa shape index (κ1) is 25.3. The largest absolute Gasteiger partial charge is 0.450 e. The minimum Gasteiger partial charge on any atom is -0.450 e. The standard InChI is InChI=1S/C24H29ClN6O3S2/c1-15-26-13-19(35-15)20-23(31-9-7-30(8-10-31)17-5-3-2-4-6-17)36-24(28-20)29-21(33)16-11-18(25)22(27-12-16)34-14-32/h11-13,17,32H,2-10,14H2,1H3,(H,28,29,33). The van der Waals surface area contributed by atoms with Gasteiger partial charge in [0.1, 0.15) is 15.7 Å². The molecule has 2 N–H and O–H groups in total. The van der Waals surface area contributed by atoms with Gasteiger partial charge in [0.05, 0.1) is 15.4 Å². The second-order valence-corrected chi connectivity index (χ2v) is 11.6. The summed E-state index contributed by atoms with van der Waals surface area (Å²) in [6.07, 6.45) is 9.89. The summed E-state index contributed by atoms with van der Waals surface area (Å²) in [6, 6.07) is 2.18. The van der Waals surface area contributed by atoms with E-state index >= 15 is 0 Å². The quantitative estimate of drug-likeness (QED) is 0.411. The third kappa shape index (κ3) is 5.65. The second-order valence-electron chi connectivity index (χ2n) is 8.97. The maximum Gasteiger partial charge on any atom is 0.259 e. The normalized spacial score (nSPS) is 17.4. The van der Waals surface area contributed by atoms with Crippen LogP contribution in [0, 0.1) is 6.92 Å². The Hall–Kier alpha value is -2.31. The monoisotopic (exact) mass is 548 g/mol. The van der Waals surface area contributed by atoms with Gasteiger partial charge in [0.25, 0.3) is 5.91 Å². The van der Waals surface area contributed by atoms with Gasteiger partial charge in [-0.25, -0.2) is 15.0 Å². The molecule has 9 nitrogen and oxygen atoms in total. The molecule has 1 amide bonds. The smallest absolute Gasteiger partial charge is 0.259 e. The molecule has 0 spiro atoms. The number of aliphatic hydroxyl groups excluding tert-OH is 1. The minimum atomic E-state index is -0.547. The van der Waals surface area contributed by atoms with E-state index in [1.54, 1.807) is 11.3 Å². The fourth-order valence-corrected chi connectivity index (χ4v) is 6.92. The van der Waals surface area contributed by atoms with E-state index in [9.17, 15) is 4.79 Å². The Morgan fingerprint density at radius 1 is 1.17 bits per heavy atom. The van der Waals surface area contributed by atoms with Gasteiger partial charge in [-0.2, -0.15) is 0 Å². The molecule has 1 aliphatic heterocycles. The average molecular weight is 549 g/mol. The Balaban J connectivity index is 1.34. The van der Waals surface area contributed by atoms with E-state index < -0.39 is 6.79 Å². The summed E-state index contributed by atoms with van der Waals surface area (Å²) < 4.78 is 4.93. The lowest BCUT2D eigenvalue weighted by atomic mass is 9.94. The number of piperazine rings is 1. The Kier molecular flexibility index (Phi) is 8.02. The van der Waals surface area contributed by atoms with Crippen molar-refractivity contribution >= 4 is 50.3 Å². The van der Waals surface area contributed by atoms with Crippen LogP contribution in [-0.2, 0) is 0 Å². The predicted octanol–water partition coefficient (Wildman–Crippen LogP) is 4.66. The van der Waals surface area contributed by atoms with Gasteiger partial charge in [0.15, 0.2) is 11.9 Å². The highest BCUT2D eigenvalue weighted by atomic mass is 35.5. The van der Waals surface area contributed by atoms with E-state index in [1.165, 1.54) is 55.7 Å². The van der Waals surface area contributed by atoms with Crippen LogP contribution in [0.25, 0.3) is 10.6 Å². The van der Waals surface area contributed by atoms with Crippen LogP contribution < -0.4 is 15.0 Å². The number of aliphatic hydroxyl groups is 1. The van der Waals surface area contributed by atoms with Crippen molar-refractivity contribution in [1.29, 1.82) is 0 Å². The number of anilines is 2. The number of carbonyl (C=O) groups is 1. The van der Waals surface area contributed by atoms with Gasteiger partial charge in [0.2, 0.25) is 5.88 Å². The molecular formula is C24H29ClN6O3S2. The predicted molar refractivity (Wildman–Crippen MR) is 144 cm³/mol. The molecule has 1 aliphatic carbocycles. The summed E-state index contributed by atoms with van der Waals surface area (Å²) in [7, 11) is 0. The number of carbonyl (C=O) groups excluding carboxylic acids is 1. The first-order valence-corrected chi connectivity index (χ1v) is 14.2. The Bertz CT molecular complexity index is 1200. The molecule has 4 heterocycles. The maximum atomic E-state index is 12.9. The molecule has 2 fully saturated rings. The van der Waals surface area contributed by atoms with Crippen LogP contribution in [0.3, 0.4) is 0 Å². The molecule has 2 aliphatic rings. The Morgan fingerprint density at radius 3 is 2.61 bits per heavy atom. The van der Waals surface area contributed by atoms with Crippen LogP contribution in [0.1, 0.15) is 47.5 Å². The molecule has 5 rings (SSSR count). The molecular weight excluding hydrogens is 520 g/mol. The fraction of sp³-hybridized carbons (Fsp3) is 0.500. The lowest BCUT2D eigenvalue weighted by Gasteiger charge is -2.41. The maximum absolute atomic E-state index is 12.9. The van der Waals surface area contributed by atoms with E-state index in [0.717, 1.165) is 52.8 Å². The number of ether oxygens (including phenoxy) is 1. The van der Waals surface area contributed by atoms with Gasteiger partial charge < -0.3 is 14.7 Å². The number of nitrogens with zero attached hydrogens (tertiary/aromatic N) is 5. The summed E-state index contributed by atoms with van der Waals surface area (Å²) in [5, 5.41) is 14.5. The average Bonchev–Trinajstić information content (AvgIpc) is 3.52. The highest BCUT2D eigenvalue weighted by Crippen LogP contribution is 2.41. The fourth-order valence-electron chi connectivity index (χ4n) is 4.83. The Labute approximate surface area is 223 Å². The molecule has 0 unspecified atom stereocenters. The van der Waals surface area contributed by atoms with Gasteiger partial charge in [0, 0.05) is 44.6 Å². The number of hydrogen-bond acceptors (Lipinski definition) is 10. The number of amides is 1. The molecule has 3 aromatic heterocycles. The van der Waals surface area contributed by atoms with Crippen molar-refractivity contribution in [1.82, 2.24) is 19.9 Å². The zero-order valence-electron chi connectivity index (χ0n) is 20.1. The summed E-state index contributed by atoms with van der Waals surface area (Å²) in [5.41, 5.74) is 1.13. The molecule has 3 aromatic rings. The number of aryl methyl sites for hydroxylation is 1. The summed E-state index contributed by atoms with van der Waals surface area (Å²) >= 11 is 9.21. The van der Waals surface area contributed by atoms with Gasteiger partial charge in [-0.05, 0) is 25.8 Å². The van der Waals surface area contributed by atoms with E-state index in [2.05, 4.69) is 25.1 Å². The van der Waals surface area contributed by atoms with Crippen LogP contribution in [0.15, 0.2) is 18.5 Å². The lowest BCUT2D eigenvalue weighted by Crippen LogP contribution is -2.50. The number of rotatable bonds is 7. The van der Waals surface area contributed by atoms with Crippen molar-refractivity contribution in [3.05, 3.63) is 34.1 Å². The molecule has 0 bridgehead atoms. The van der Waals surface area contributed by atoms with Crippen LogP contribution in [0.4, 0.5) is 10.1 Å². The molecule has 36 heavy (non-hydrogen) atoms. The number of hydrogen-bond donors (Lipinski definition) is 2. The molecule has 1 saturated carbocycles. The second kappa shape index (κ2) is 11.4. The molecule has 1 saturated heterocycles. The van der Waals surface area contributed by atoms with Crippen LogP contribution in [-0.4, -0.2) is 69.9 Å². The molecule has 0 atom stereocenters. The summed E-state index contributed by atoms with van der Waals surface area (Å²) in [5.74, 6) is -0.295. The minimum absolute atomic E-state index is 0.0717. The lowest BCUT2D eigenvalue weighted by molar-refractivity contribution is 0.0941. The Morgan fingerprint density at radius 2 is 1.94 bits per heavy atom.